The van der Waals surface area contributed by atoms with Crippen molar-refractivity contribution in [3.63, 3.8) is 0 Å². The van der Waals surface area contributed by atoms with Crippen molar-refractivity contribution in [3.8, 4) is 0 Å². The lowest BCUT2D eigenvalue weighted by Gasteiger charge is -2.31. The summed E-state index contributed by atoms with van der Waals surface area (Å²) in [5.74, 6) is 1.08. The van der Waals surface area contributed by atoms with Gasteiger partial charge in [0.15, 0.2) is 0 Å². The van der Waals surface area contributed by atoms with Crippen molar-refractivity contribution in [3.05, 3.63) is 23.7 Å². The van der Waals surface area contributed by atoms with Crippen LogP contribution in [0.1, 0.15) is 44.9 Å². The van der Waals surface area contributed by atoms with Crippen molar-refractivity contribution in [1.29, 1.82) is 0 Å². The first-order chi connectivity index (χ1) is 9.48. The molecule has 1 unspecified atom stereocenters. The van der Waals surface area contributed by atoms with Gasteiger partial charge in [0.25, 0.3) is 0 Å². The van der Waals surface area contributed by atoms with Gasteiger partial charge in [0.1, 0.15) is 5.76 Å². The van der Waals surface area contributed by atoms with Crippen molar-refractivity contribution in [2.75, 3.05) is 20.2 Å². The van der Waals surface area contributed by atoms with Crippen molar-refractivity contribution in [2.45, 2.75) is 58.3 Å². The monoisotopic (exact) mass is 280 g/mol. The molecular weight excluding hydrogens is 252 g/mol. The van der Waals surface area contributed by atoms with E-state index in [1.165, 1.54) is 18.4 Å². The second kappa shape index (κ2) is 6.74. The van der Waals surface area contributed by atoms with E-state index in [1.807, 2.05) is 0 Å². The van der Waals surface area contributed by atoms with Crippen LogP contribution in [-0.2, 0) is 17.8 Å². The second-order valence-electron chi connectivity index (χ2n) is 6.71. The number of hydrogen-bond acceptors (Lipinski definition) is 4. The summed E-state index contributed by atoms with van der Waals surface area (Å²) in [6.07, 6.45) is 4.54. The first-order valence-electron chi connectivity index (χ1n) is 7.53. The van der Waals surface area contributed by atoms with Crippen LogP contribution >= 0.6 is 0 Å². The highest BCUT2D eigenvalue weighted by Crippen LogP contribution is 2.19. The maximum Gasteiger partial charge on any atom is 0.122 e. The van der Waals surface area contributed by atoms with Gasteiger partial charge >= 0.3 is 0 Å². The summed E-state index contributed by atoms with van der Waals surface area (Å²) in [5.41, 5.74) is 1.39. The Morgan fingerprint density at radius 3 is 2.95 bits per heavy atom. The summed E-state index contributed by atoms with van der Waals surface area (Å²) < 4.78 is 11.2. The van der Waals surface area contributed by atoms with Crippen LogP contribution in [-0.4, -0.2) is 36.7 Å². The number of likely N-dealkylation sites (tertiary alicyclic amines) is 1. The second-order valence-corrected chi connectivity index (χ2v) is 6.71. The van der Waals surface area contributed by atoms with Crippen molar-refractivity contribution < 1.29 is 9.15 Å². The summed E-state index contributed by atoms with van der Waals surface area (Å²) in [4.78, 5) is 2.43. The molecule has 1 saturated heterocycles. The fourth-order valence-electron chi connectivity index (χ4n) is 2.58. The third-order valence-corrected chi connectivity index (χ3v) is 3.81. The third-order valence-electron chi connectivity index (χ3n) is 3.81. The zero-order valence-electron chi connectivity index (χ0n) is 13.2. The predicted molar refractivity (Wildman–Crippen MR) is 80.6 cm³/mol. The van der Waals surface area contributed by atoms with E-state index in [1.54, 1.807) is 13.4 Å². The lowest BCUT2D eigenvalue weighted by molar-refractivity contribution is 0.0262. The Balaban J connectivity index is 1.91. The SMILES string of the molecule is COC1CCCN(Cc2occc2CNC(C)(C)C)C1. The van der Waals surface area contributed by atoms with Crippen molar-refractivity contribution in [1.82, 2.24) is 10.2 Å². The van der Waals surface area contributed by atoms with Crippen LogP contribution < -0.4 is 5.32 Å². The maximum absolute atomic E-state index is 5.68. The molecule has 114 valence electrons. The zero-order valence-corrected chi connectivity index (χ0v) is 13.2. The molecule has 0 spiro atoms. The molecule has 20 heavy (non-hydrogen) atoms. The summed E-state index contributed by atoms with van der Waals surface area (Å²) in [6, 6.07) is 2.08. The standard InChI is InChI=1S/C16H28N2O2/c1-16(2,3)17-10-13-7-9-20-15(13)12-18-8-5-6-14(11-18)19-4/h7,9,14,17H,5-6,8,10-12H2,1-4H3. The molecule has 1 aliphatic heterocycles. The average Bonchev–Trinajstić information content (AvgIpc) is 2.83. The molecule has 1 aliphatic rings. The molecule has 0 aromatic carbocycles. The van der Waals surface area contributed by atoms with Gasteiger partial charge in [-0.15, -0.1) is 0 Å². The third kappa shape index (κ3) is 4.62. The number of methoxy groups -OCH3 is 1. The van der Waals surface area contributed by atoms with E-state index in [-0.39, 0.29) is 5.54 Å². The topological polar surface area (TPSA) is 37.6 Å². The van der Waals surface area contributed by atoms with Crippen LogP contribution in [0.5, 0.6) is 0 Å². The van der Waals surface area contributed by atoms with Crippen molar-refractivity contribution in [2.24, 2.45) is 0 Å². The average molecular weight is 280 g/mol. The molecule has 0 amide bonds. The number of ether oxygens (including phenoxy) is 1. The van der Waals surface area contributed by atoms with Gasteiger partial charge in [0.05, 0.1) is 18.9 Å². The van der Waals surface area contributed by atoms with E-state index >= 15 is 0 Å². The summed E-state index contributed by atoms with van der Waals surface area (Å²) in [7, 11) is 1.81. The van der Waals surface area contributed by atoms with Gasteiger partial charge in [-0.3, -0.25) is 4.90 Å². The Hall–Kier alpha value is -0.840. The quantitative estimate of drug-likeness (QED) is 0.900. The fourth-order valence-corrected chi connectivity index (χ4v) is 2.58. The Labute approximate surface area is 122 Å². The van der Waals surface area contributed by atoms with E-state index in [2.05, 4.69) is 37.1 Å². The Morgan fingerprint density at radius 2 is 2.25 bits per heavy atom. The number of furan rings is 1. The van der Waals surface area contributed by atoms with Gasteiger partial charge in [0.2, 0.25) is 0 Å². The fraction of sp³-hybridized carbons (Fsp3) is 0.750. The largest absolute Gasteiger partial charge is 0.468 e. The number of rotatable bonds is 5. The van der Waals surface area contributed by atoms with E-state index in [9.17, 15) is 0 Å². The minimum atomic E-state index is 0.126. The molecule has 0 radical (unpaired) electrons. The molecular formula is C16H28N2O2. The van der Waals surface area contributed by atoms with Crippen LogP contribution in [0.2, 0.25) is 0 Å². The van der Waals surface area contributed by atoms with Crippen LogP contribution in [0.25, 0.3) is 0 Å². The highest BCUT2D eigenvalue weighted by molar-refractivity contribution is 5.17. The van der Waals surface area contributed by atoms with Crippen LogP contribution in [0, 0.1) is 0 Å². The van der Waals surface area contributed by atoms with E-state index in [0.717, 1.165) is 31.9 Å². The molecule has 2 heterocycles. The van der Waals surface area contributed by atoms with E-state index in [0.29, 0.717) is 6.10 Å². The summed E-state index contributed by atoms with van der Waals surface area (Å²) >= 11 is 0. The van der Waals surface area contributed by atoms with Gasteiger partial charge in [-0.05, 0) is 46.2 Å². The van der Waals surface area contributed by atoms with Gasteiger partial charge in [-0.2, -0.15) is 0 Å². The lowest BCUT2D eigenvalue weighted by atomic mass is 10.1. The Bertz CT molecular complexity index is 409. The molecule has 1 atom stereocenters. The van der Waals surface area contributed by atoms with Gasteiger partial charge in [-0.25, -0.2) is 0 Å². The highest BCUT2D eigenvalue weighted by atomic mass is 16.5. The van der Waals surface area contributed by atoms with Gasteiger partial charge < -0.3 is 14.5 Å². The van der Waals surface area contributed by atoms with Crippen LogP contribution in [0.4, 0.5) is 0 Å². The van der Waals surface area contributed by atoms with Gasteiger partial charge in [-0.1, -0.05) is 0 Å². The first-order valence-corrected chi connectivity index (χ1v) is 7.53. The zero-order chi connectivity index (χ0) is 14.6. The molecule has 1 fully saturated rings. The highest BCUT2D eigenvalue weighted by Gasteiger charge is 2.21. The van der Waals surface area contributed by atoms with E-state index < -0.39 is 0 Å². The van der Waals surface area contributed by atoms with Crippen LogP contribution in [0.15, 0.2) is 16.7 Å². The minimum absolute atomic E-state index is 0.126. The maximum atomic E-state index is 5.68. The molecule has 4 nitrogen and oxygen atoms in total. The van der Waals surface area contributed by atoms with E-state index in [4.69, 9.17) is 9.15 Å². The Morgan fingerprint density at radius 1 is 1.45 bits per heavy atom. The summed E-state index contributed by atoms with van der Waals surface area (Å²) in [5, 5.41) is 3.52. The molecule has 0 aliphatic carbocycles. The molecule has 1 N–H and O–H groups in total. The van der Waals surface area contributed by atoms with Gasteiger partial charge in [0, 0.05) is 31.3 Å². The molecule has 4 heteroatoms. The number of piperidine rings is 1. The molecule has 0 saturated carbocycles. The smallest absolute Gasteiger partial charge is 0.122 e. The normalized spacial score (nSPS) is 21.3. The molecule has 1 aromatic rings. The van der Waals surface area contributed by atoms with Crippen molar-refractivity contribution >= 4 is 0 Å². The molecule has 0 bridgehead atoms. The Kier molecular flexibility index (Phi) is 5.24. The number of nitrogens with one attached hydrogen (secondary N) is 1. The molecule has 2 rings (SSSR count). The van der Waals surface area contributed by atoms with Crippen LogP contribution in [0.3, 0.4) is 0 Å². The minimum Gasteiger partial charge on any atom is -0.468 e. The molecule has 1 aromatic heterocycles. The lowest BCUT2D eigenvalue weighted by Crippen LogP contribution is -2.39. The predicted octanol–water partition coefficient (Wildman–Crippen LogP) is 2.78. The first kappa shape index (κ1) is 15.5. The summed E-state index contributed by atoms with van der Waals surface area (Å²) in [6.45, 7) is 10.4. The number of hydrogen-bond donors (Lipinski definition) is 1. The number of nitrogens with zero attached hydrogens (tertiary/aromatic N) is 1.